The van der Waals surface area contributed by atoms with Gasteiger partial charge in [-0.25, -0.2) is 4.99 Å². The quantitative estimate of drug-likeness (QED) is 0.546. The first kappa shape index (κ1) is 19.8. The van der Waals surface area contributed by atoms with Gasteiger partial charge in [0.25, 0.3) is 5.91 Å². The predicted octanol–water partition coefficient (Wildman–Crippen LogP) is 2.78. The van der Waals surface area contributed by atoms with Crippen molar-refractivity contribution >= 4 is 28.6 Å². The Morgan fingerprint density at radius 3 is 2.77 bits per heavy atom. The van der Waals surface area contributed by atoms with Crippen LogP contribution in [0.1, 0.15) is 21.7 Å². The van der Waals surface area contributed by atoms with Crippen molar-refractivity contribution in [2.24, 2.45) is 4.99 Å². The fourth-order valence-electron chi connectivity index (χ4n) is 3.21. The molecule has 0 radical (unpaired) electrons. The number of benzene rings is 1. The summed E-state index contributed by atoms with van der Waals surface area (Å²) in [7, 11) is 3.20. The highest BCUT2D eigenvalue weighted by Crippen LogP contribution is 2.26. The van der Waals surface area contributed by atoms with E-state index in [2.05, 4.69) is 20.6 Å². The number of aromatic nitrogens is 1. The molecule has 30 heavy (non-hydrogen) atoms. The number of nitrogens with one attached hydrogen (secondary N) is 3. The zero-order valence-corrected chi connectivity index (χ0v) is 17.5. The van der Waals surface area contributed by atoms with Gasteiger partial charge in [-0.05, 0) is 35.2 Å². The predicted molar refractivity (Wildman–Crippen MR) is 117 cm³/mol. The molecule has 0 aliphatic carbocycles. The molecule has 1 aromatic carbocycles. The lowest BCUT2D eigenvalue weighted by Crippen LogP contribution is -2.27. The molecule has 0 unspecified atom stereocenters. The molecule has 3 N–H and O–H groups in total. The van der Waals surface area contributed by atoms with E-state index in [9.17, 15) is 4.79 Å². The number of hydrogen-bond donors (Lipinski definition) is 3. The standard InChI is InChI=1S/C22H22N4O3S/c1-28-15-10-14(11-16(12-15)29-2)13-25-22(27)20-19(6-9-30-20)26-18-4-3-7-23-21-17(18)5-8-24-21/h3,5-12,26H,4,13H2,1-2H3,(H,23,24)(H,25,27). The molecule has 1 aliphatic rings. The molecule has 8 heteroatoms. The number of nitrogens with zero attached hydrogens (tertiary/aromatic N) is 1. The average molecular weight is 423 g/mol. The third-order valence-electron chi connectivity index (χ3n) is 4.70. The molecule has 1 amide bonds. The van der Waals surface area contributed by atoms with Crippen LogP contribution in [-0.4, -0.2) is 25.1 Å². The highest BCUT2D eigenvalue weighted by Gasteiger charge is 2.15. The van der Waals surface area contributed by atoms with Crippen LogP contribution < -0.4 is 30.8 Å². The second kappa shape index (κ2) is 8.87. The van der Waals surface area contributed by atoms with Gasteiger partial charge in [-0.3, -0.25) is 4.79 Å². The Morgan fingerprint density at radius 1 is 1.20 bits per heavy atom. The van der Waals surface area contributed by atoms with Crippen molar-refractivity contribution in [3.05, 3.63) is 75.3 Å². The Morgan fingerprint density at radius 2 is 2.00 bits per heavy atom. The molecular weight excluding hydrogens is 400 g/mol. The van der Waals surface area contributed by atoms with Crippen molar-refractivity contribution in [1.29, 1.82) is 0 Å². The van der Waals surface area contributed by atoms with Gasteiger partial charge in [0.1, 0.15) is 21.9 Å². The summed E-state index contributed by atoms with van der Waals surface area (Å²) in [6, 6.07) is 9.45. The Kier molecular flexibility index (Phi) is 5.85. The minimum absolute atomic E-state index is 0.141. The number of carbonyl (C=O) groups excluding carboxylic acids is 1. The normalized spacial score (nSPS) is 12.5. The highest BCUT2D eigenvalue weighted by molar-refractivity contribution is 7.12. The molecular formula is C22H22N4O3S. The van der Waals surface area contributed by atoms with Gasteiger partial charge in [-0.2, -0.15) is 0 Å². The van der Waals surface area contributed by atoms with Crippen LogP contribution in [0.4, 0.5) is 5.69 Å². The number of ether oxygens (including phenoxy) is 2. The lowest BCUT2D eigenvalue weighted by atomic mass is 10.2. The lowest BCUT2D eigenvalue weighted by molar-refractivity contribution is 0.0955. The third-order valence-corrected chi connectivity index (χ3v) is 5.62. The summed E-state index contributed by atoms with van der Waals surface area (Å²) >= 11 is 1.40. The Hall–Kier alpha value is -3.52. The smallest absolute Gasteiger partial charge is 0.263 e. The maximum atomic E-state index is 12.9. The fraction of sp³-hybridized carbons (Fsp3) is 0.182. The third kappa shape index (κ3) is 4.23. The maximum Gasteiger partial charge on any atom is 0.263 e. The van der Waals surface area contributed by atoms with Crippen molar-refractivity contribution in [2.75, 3.05) is 19.5 Å². The minimum atomic E-state index is -0.141. The Bertz CT molecular complexity index is 1190. The monoisotopic (exact) mass is 422 g/mol. The summed E-state index contributed by atoms with van der Waals surface area (Å²) in [4.78, 5) is 21.0. The number of carbonyl (C=O) groups is 1. The van der Waals surface area contributed by atoms with Crippen LogP contribution in [0.5, 0.6) is 11.5 Å². The number of amides is 1. The van der Waals surface area contributed by atoms with E-state index in [1.807, 2.05) is 41.9 Å². The molecule has 7 nitrogen and oxygen atoms in total. The number of thiophene rings is 1. The van der Waals surface area contributed by atoms with Gasteiger partial charge in [0.05, 0.1) is 19.9 Å². The van der Waals surface area contributed by atoms with E-state index in [0.717, 1.165) is 27.7 Å². The van der Waals surface area contributed by atoms with E-state index in [0.29, 0.717) is 29.3 Å². The molecule has 0 saturated heterocycles. The molecule has 154 valence electrons. The van der Waals surface area contributed by atoms with Crippen molar-refractivity contribution in [1.82, 2.24) is 10.3 Å². The summed E-state index contributed by atoms with van der Waals surface area (Å²) in [5.41, 5.74) is 3.47. The summed E-state index contributed by atoms with van der Waals surface area (Å²) in [6.45, 7) is 0.365. The van der Waals surface area contributed by atoms with Crippen LogP contribution in [0.2, 0.25) is 0 Å². The van der Waals surface area contributed by atoms with Gasteiger partial charge >= 0.3 is 0 Å². The molecule has 3 heterocycles. The Balaban J connectivity index is 1.51. The van der Waals surface area contributed by atoms with Gasteiger partial charge in [0, 0.05) is 42.3 Å². The first-order chi connectivity index (χ1) is 14.7. The Labute approximate surface area is 177 Å². The second-order valence-corrected chi connectivity index (χ2v) is 7.54. The van der Waals surface area contributed by atoms with Gasteiger partial charge < -0.3 is 25.1 Å². The summed E-state index contributed by atoms with van der Waals surface area (Å²) < 4.78 is 10.6. The van der Waals surface area contributed by atoms with Gasteiger partial charge in [0.15, 0.2) is 0 Å². The molecule has 0 atom stereocenters. The number of rotatable bonds is 7. The molecule has 2 aromatic heterocycles. The van der Waals surface area contributed by atoms with Gasteiger partial charge in [-0.15, -0.1) is 11.3 Å². The zero-order chi connectivity index (χ0) is 20.9. The van der Waals surface area contributed by atoms with E-state index in [-0.39, 0.29) is 5.91 Å². The van der Waals surface area contributed by atoms with Gasteiger partial charge in [-0.1, -0.05) is 6.08 Å². The van der Waals surface area contributed by atoms with Crippen molar-refractivity contribution < 1.29 is 14.3 Å². The molecule has 0 spiro atoms. The van der Waals surface area contributed by atoms with Crippen LogP contribution >= 0.6 is 11.3 Å². The second-order valence-electron chi connectivity index (χ2n) is 6.63. The number of fused-ring (bicyclic) bond motifs is 1. The lowest BCUT2D eigenvalue weighted by Gasteiger charge is -2.11. The number of hydrogen-bond acceptors (Lipinski definition) is 6. The average Bonchev–Trinajstić information content (AvgIpc) is 3.39. The van der Waals surface area contributed by atoms with Crippen LogP contribution in [0.25, 0.3) is 5.70 Å². The largest absolute Gasteiger partial charge is 0.497 e. The van der Waals surface area contributed by atoms with E-state index in [4.69, 9.17) is 9.47 Å². The first-order valence-electron chi connectivity index (χ1n) is 9.42. The van der Waals surface area contributed by atoms with E-state index in [1.54, 1.807) is 26.5 Å². The number of anilines is 1. The number of H-pyrrole nitrogens is 1. The van der Waals surface area contributed by atoms with Crippen LogP contribution in [0, 0.1) is 0 Å². The van der Waals surface area contributed by atoms with Crippen LogP contribution in [0.3, 0.4) is 0 Å². The highest BCUT2D eigenvalue weighted by atomic mass is 32.1. The SMILES string of the molecule is COc1cc(CNC(=O)c2sccc2NC2=c3cc[nH]c3=NC=CC2)cc(OC)c1. The van der Waals surface area contributed by atoms with Crippen molar-refractivity contribution in [3.63, 3.8) is 0 Å². The first-order valence-corrected chi connectivity index (χ1v) is 10.3. The van der Waals surface area contributed by atoms with E-state index < -0.39 is 0 Å². The fourth-order valence-corrected chi connectivity index (χ4v) is 3.98. The summed E-state index contributed by atoms with van der Waals surface area (Å²) in [5, 5.41) is 9.31. The molecule has 4 rings (SSSR count). The van der Waals surface area contributed by atoms with Crippen LogP contribution in [-0.2, 0) is 6.54 Å². The maximum absolute atomic E-state index is 12.9. The molecule has 3 aromatic rings. The van der Waals surface area contributed by atoms with E-state index >= 15 is 0 Å². The number of aromatic amines is 1. The molecule has 0 bridgehead atoms. The molecule has 0 fully saturated rings. The summed E-state index contributed by atoms with van der Waals surface area (Å²) in [5.74, 6) is 1.23. The van der Waals surface area contributed by atoms with Gasteiger partial charge in [0.2, 0.25) is 0 Å². The van der Waals surface area contributed by atoms with Crippen molar-refractivity contribution in [3.8, 4) is 11.5 Å². The van der Waals surface area contributed by atoms with Crippen molar-refractivity contribution in [2.45, 2.75) is 13.0 Å². The minimum Gasteiger partial charge on any atom is -0.497 e. The molecule has 1 aliphatic heterocycles. The van der Waals surface area contributed by atoms with E-state index in [1.165, 1.54) is 11.3 Å². The van der Waals surface area contributed by atoms with Crippen LogP contribution in [0.15, 0.2) is 59.2 Å². The molecule has 0 saturated carbocycles. The summed E-state index contributed by atoms with van der Waals surface area (Å²) in [6.07, 6.45) is 6.33. The number of methoxy groups -OCH3 is 2. The topological polar surface area (TPSA) is 87.7 Å². The zero-order valence-electron chi connectivity index (χ0n) is 16.7.